The highest BCUT2D eigenvalue weighted by Gasteiger charge is 2.79. The number of aliphatic carboxylic acids is 1. The molecule has 3 heterocycles. The first kappa shape index (κ1) is 25.4. The Morgan fingerprint density at radius 2 is 1.95 bits per heavy atom. The third-order valence-electron chi connectivity index (χ3n) is 8.61. The van der Waals surface area contributed by atoms with Crippen LogP contribution in [0.1, 0.15) is 39.0 Å². The predicted molar refractivity (Wildman–Crippen MR) is 139 cm³/mol. The van der Waals surface area contributed by atoms with Gasteiger partial charge in [-0.15, -0.1) is 6.58 Å². The van der Waals surface area contributed by atoms with E-state index < -0.39 is 35.0 Å². The zero-order chi connectivity index (χ0) is 26.4. The number of carbonyl (C=O) groups is 3. The highest BCUT2D eigenvalue weighted by atomic mass is 16.5. The molecule has 3 fully saturated rings. The van der Waals surface area contributed by atoms with E-state index in [-0.39, 0.29) is 31.5 Å². The second kappa shape index (κ2) is 9.58. The Labute approximate surface area is 216 Å². The van der Waals surface area contributed by atoms with Gasteiger partial charge in [0.05, 0.1) is 11.5 Å². The molecule has 5 rings (SSSR count). The van der Waals surface area contributed by atoms with Crippen molar-refractivity contribution in [3.8, 4) is 0 Å². The van der Waals surface area contributed by atoms with Gasteiger partial charge in [0.15, 0.2) is 0 Å². The lowest BCUT2D eigenvalue weighted by molar-refractivity contribution is -0.155. The van der Waals surface area contributed by atoms with E-state index in [9.17, 15) is 24.6 Å². The number of rotatable bonds is 10. The topological polar surface area (TPSA) is 107 Å². The van der Waals surface area contributed by atoms with Gasteiger partial charge in [-0.2, -0.15) is 0 Å². The number of hydrogen-bond donors (Lipinski definition) is 2. The number of likely N-dealkylation sites (tertiary alicyclic amines) is 1. The molecule has 2 amide bonds. The van der Waals surface area contributed by atoms with Crippen molar-refractivity contribution in [1.29, 1.82) is 0 Å². The molecule has 3 saturated heterocycles. The molecule has 0 saturated carbocycles. The first-order valence-corrected chi connectivity index (χ1v) is 13.1. The summed E-state index contributed by atoms with van der Waals surface area (Å²) < 4.78 is 6.60. The van der Waals surface area contributed by atoms with Crippen LogP contribution in [-0.4, -0.2) is 69.8 Å². The largest absolute Gasteiger partial charge is 0.481 e. The van der Waals surface area contributed by atoms with Crippen molar-refractivity contribution in [2.45, 2.75) is 56.3 Å². The lowest BCUT2D eigenvalue weighted by Gasteiger charge is -2.37. The van der Waals surface area contributed by atoms with Crippen molar-refractivity contribution in [2.75, 3.05) is 24.6 Å². The van der Waals surface area contributed by atoms with Gasteiger partial charge in [0.2, 0.25) is 5.91 Å². The fourth-order valence-corrected chi connectivity index (χ4v) is 6.95. The van der Waals surface area contributed by atoms with Gasteiger partial charge in [-0.05, 0) is 55.0 Å². The SMILES string of the molecule is C=CCN(C(=O)C1N(CCCCO)C(=O)[C@@H]2[C@H](C(=O)O)[C@]3(CC)CCC12O3)c1ccc2ccccc2c1. The van der Waals surface area contributed by atoms with Crippen LogP contribution in [0.2, 0.25) is 0 Å². The van der Waals surface area contributed by atoms with Crippen molar-refractivity contribution in [3.63, 3.8) is 0 Å². The average molecular weight is 507 g/mol. The molecule has 2 unspecified atom stereocenters. The van der Waals surface area contributed by atoms with Gasteiger partial charge in [-0.3, -0.25) is 14.4 Å². The number of aliphatic hydroxyl groups excluding tert-OH is 1. The first-order chi connectivity index (χ1) is 17.8. The van der Waals surface area contributed by atoms with Gasteiger partial charge in [0.1, 0.15) is 17.6 Å². The summed E-state index contributed by atoms with van der Waals surface area (Å²) in [5, 5.41) is 21.6. The molecule has 0 radical (unpaired) electrons. The van der Waals surface area contributed by atoms with Crippen LogP contribution >= 0.6 is 0 Å². The van der Waals surface area contributed by atoms with Crippen molar-refractivity contribution in [2.24, 2.45) is 11.8 Å². The Balaban J connectivity index is 1.59. The third-order valence-corrected chi connectivity index (χ3v) is 8.61. The van der Waals surface area contributed by atoms with Crippen molar-refractivity contribution in [3.05, 3.63) is 55.1 Å². The van der Waals surface area contributed by atoms with E-state index >= 15 is 0 Å². The predicted octanol–water partition coefficient (Wildman–Crippen LogP) is 3.37. The Morgan fingerprint density at radius 3 is 2.62 bits per heavy atom. The number of amides is 2. The van der Waals surface area contributed by atoms with Crippen molar-refractivity contribution >= 4 is 34.2 Å². The Kier molecular flexibility index (Phi) is 6.58. The molecule has 2 aromatic rings. The summed E-state index contributed by atoms with van der Waals surface area (Å²) in [4.78, 5) is 44.0. The quantitative estimate of drug-likeness (QED) is 0.378. The third kappa shape index (κ3) is 3.77. The molecule has 8 nitrogen and oxygen atoms in total. The Bertz CT molecular complexity index is 1250. The smallest absolute Gasteiger partial charge is 0.310 e. The second-order valence-corrected chi connectivity index (χ2v) is 10.4. The van der Waals surface area contributed by atoms with E-state index in [1.165, 1.54) is 4.90 Å². The molecular weight excluding hydrogens is 472 g/mol. The summed E-state index contributed by atoms with van der Waals surface area (Å²) in [6, 6.07) is 12.7. The summed E-state index contributed by atoms with van der Waals surface area (Å²) >= 11 is 0. The molecule has 8 heteroatoms. The molecule has 2 N–H and O–H groups in total. The van der Waals surface area contributed by atoms with Crippen LogP contribution in [0.3, 0.4) is 0 Å². The number of nitrogens with zero attached hydrogens (tertiary/aromatic N) is 2. The number of fused-ring (bicyclic) bond motifs is 2. The van der Waals surface area contributed by atoms with Gasteiger partial charge in [0, 0.05) is 25.4 Å². The Morgan fingerprint density at radius 1 is 1.19 bits per heavy atom. The number of hydrogen-bond acceptors (Lipinski definition) is 5. The number of ether oxygens (including phenoxy) is 1. The fourth-order valence-electron chi connectivity index (χ4n) is 6.95. The normalized spacial score (nSPS) is 30.1. The number of aliphatic hydroxyl groups is 1. The highest BCUT2D eigenvalue weighted by molar-refractivity contribution is 6.05. The molecule has 0 aliphatic carbocycles. The molecule has 196 valence electrons. The maximum atomic E-state index is 14.5. The summed E-state index contributed by atoms with van der Waals surface area (Å²) in [5.74, 6) is -3.60. The van der Waals surface area contributed by atoms with E-state index in [2.05, 4.69) is 6.58 Å². The van der Waals surface area contributed by atoms with E-state index in [0.717, 1.165) is 10.8 Å². The second-order valence-electron chi connectivity index (χ2n) is 10.4. The number of carboxylic acid groups (broad SMARTS) is 1. The van der Waals surface area contributed by atoms with Crippen LogP contribution in [0.5, 0.6) is 0 Å². The van der Waals surface area contributed by atoms with Gasteiger partial charge in [-0.1, -0.05) is 43.3 Å². The van der Waals surface area contributed by atoms with Crippen LogP contribution in [0.15, 0.2) is 55.1 Å². The number of anilines is 1. The fraction of sp³-hybridized carbons (Fsp3) is 0.483. The van der Waals surface area contributed by atoms with Crippen LogP contribution in [0.4, 0.5) is 5.69 Å². The van der Waals surface area contributed by atoms with Crippen molar-refractivity contribution in [1.82, 2.24) is 4.90 Å². The van der Waals surface area contributed by atoms with E-state index in [1.807, 2.05) is 49.4 Å². The van der Waals surface area contributed by atoms with Crippen LogP contribution in [-0.2, 0) is 19.1 Å². The van der Waals surface area contributed by atoms with Crippen molar-refractivity contribution < 1.29 is 29.3 Å². The lowest BCUT2D eigenvalue weighted by Crippen LogP contribution is -2.56. The molecule has 3 aliphatic heterocycles. The monoisotopic (exact) mass is 506 g/mol. The molecule has 37 heavy (non-hydrogen) atoms. The molecule has 5 atom stereocenters. The van der Waals surface area contributed by atoms with Crippen LogP contribution in [0, 0.1) is 11.8 Å². The lowest BCUT2D eigenvalue weighted by atomic mass is 9.65. The maximum absolute atomic E-state index is 14.5. The molecule has 0 aromatic heterocycles. The molecule has 2 bridgehead atoms. The zero-order valence-electron chi connectivity index (χ0n) is 21.1. The van der Waals surface area contributed by atoms with E-state index in [0.29, 0.717) is 37.8 Å². The number of carbonyl (C=O) groups excluding carboxylic acids is 2. The molecule has 2 aromatic carbocycles. The summed E-state index contributed by atoms with van der Waals surface area (Å²) in [5.41, 5.74) is -1.46. The number of benzene rings is 2. The summed E-state index contributed by atoms with van der Waals surface area (Å²) in [6.07, 6.45) is 4.04. The number of unbranched alkanes of at least 4 members (excludes halogenated alkanes) is 1. The number of carboxylic acids is 1. The van der Waals surface area contributed by atoms with Crippen LogP contribution in [0.25, 0.3) is 10.8 Å². The maximum Gasteiger partial charge on any atom is 0.310 e. The van der Waals surface area contributed by atoms with Gasteiger partial charge in [0.25, 0.3) is 5.91 Å². The first-order valence-electron chi connectivity index (χ1n) is 13.1. The molecule has 1 spiro atoms. The minimum Gasteiger partial charge on any atom is -0.481 e. The molecular formula is C29H34N2O6. The van der Waals surface area contributed by atoms with Gasteiger partial charge >= 0.3 is 5.97 Å². The van der Waals surface area contributed by atoms with E-state index in [1.54, 1.807) is 11.0 Å². The minimum atomic E-state index is -1.19. The Hall–Kier alpha value is -3.23. The van der Waals surface area contributed by atoms with E-state index in [4.69, 9.17) is 4.74 Å². The van der Waals surface area contributed by atoms with Gasteiger partial charge < -0.3 is 24.7 Å². The average Bonchev–Trinajstić information content (AvgIpc) is 3.50. The zero-order valence-corrected chi connectivity index (χ0v) is 21.1. The van der Waals surface area contributed by atoms with Gasteiger partial charge in [-0.25, -0.2) is 0 Å². The van der Waals surface area contributed by atoms with Crippen LogP contribution < -0.4 is 4.90 Å². The highest BCUT2D eigenvalue weighted by Crippen LogP contribution is 2.64. The molecule has 3 aliphatic rings. The summed E-state index contributed by atoms with van der Waals surface area (Å²) in [6.45, 7) is 6.19. The standard InChI is InChI=1S/C29H34N2O6/c1-3-15-30(21-12-11-19-9-5-6-10-20(19)18-21)26(34)24-29-14-13-28(4-2,37-29)23(27(35)36)22(29)25(33)31(24)16-7-8-17-32/h3,5-6,9-12,18,22-24,32H,1,4,7-8,13-17H2,2H3,(H,35,36)/t22-,23+,24?,28-,29?/m0/s1. The summed E-state index contributed by atoms with van der Waals surface area (Å²) in [7, 11) is 0. The minimum absolute atomic E-state index is 0.0257.